The molecule has 0 saturated heterocycles. The van der Waals surface area contributed by atoms with E-state index in [0.717, 1.165) is 11.1 Å². The van der Waals surface area contributed by atoms with Crippen molar-refractivity contribution in [2.45, 2.75) is 25.9 Å². The minimum atomic E-state index is -4.34. The Balaban J connectivity index is 1.80. The molecule has 2 aromatic rings. The third kappa shape index (κ3) is 8.18. The summed E-state index contributed by atoms with van der Waals surface area (Å²) in [5.41, 5.74) is 2.31. The number of rotatable bonds is 8. The number of non-ortho nitro benzene ring substituents is 1. The molecule has 0 fully saturated rings. The quantitative estimate of drug-likeness (QED) is 0.301. The first-order valence-electron chi connectivity index (χ1n) is 8.67. The van der Waals surface area contributed by atoms with Crippen LogP contribution in [-0.2, 0) is 24.4 Å². The van der Waals surface area contributed by atoms with E-state index in [1.54, 1.807) is 43.4 Å². The van der Waals surface area contributed by atoms with Gasteiger partial charge in [-0.2, -0.15) is 13.2 Å². The number of benzene rings is 2. The van der Waals surface area contributed by atoms with E-state index in [1.807, 2.05) is 0 Å². The van der Waals surface area contributed by atoms with E-state index < -0.39 is 17.7 Å². The van der Waals surface area contributed by atoms with Crippen molar-refractivity contribution >= 4 is 11.6 Å². The Hall–Kier alpha value is -3.14. The molecule has 0 amide bonds. The van der Waals surface area contributed by atoms with Crippen molar-refractivity contribution in [3.05, 3.63) is 75.3 Å². The van der Waals surface area contributed by atoms with E-state index in [0.29, 0.717) is 24.6 Å². The number of aliphatic imine (C=N–C) groups is 1. The summed E-state index contributed by atoms with van der Waals surface area (Å²) >= 11 is 0. The van der Waals surface area contributed by atoms with E-state index in [-0.39, 0.29) is 12.3 Å². The van der Waals surface area contributed by atoms with Crippen LogP contribution in [0.2, 0.25) is 0 Å². The van der Waals surface area contributed by atoms with Gasteiger partial charge < -0.3 is 15.4 Å². The van der Waals surface area contributed by atoms with Crippen LogP contribution in [0.25, 0.3) is 0 Å². The summed E-state index contributed by atoms with van der Waals surface area (Å²) in [6, 6.07) is 13.3. The zero-order chi connectivity index (χ0) is 21.3. The summed E-state index contributed by atoms with van der Waals surface area (Å²) in [6.07, 6.45) is -4.34. The first kappa shape index (κ1) is 22.2. The fraction of sp³-hybridized carbons (Fsp3) is 0.316. The van der Waals surface area contributed by atoms with Gasteiger partial charge >= 0.3 is 6.18 Å². The van der Waals surface area contributed by atoms with Crippen LogP contribution in [0, 0.1) is 10.1 Å². The maximum atomic E-state index is 12.1. The van der Waals surface area contributed by atoms with E-state index >= 15 is 0 Å². The lowest BCUT2D eigenvalue weighted by Gasteiger charge is -2.12. The van der Waals surface area contributed by atoms with Crippen LogP contribution in [0.15, 0.2) is 53.5 Å². The predicted molar refractivity (Wildman–Crippen MR) is 102 cm³/mol. The lowest BCUT2D eigenvalue weighted by Crippen LogP contribution is -2.36. The maximum Gasteiger partial charge on any atom is 0.411 e. The summed E-state index contributed by atoms with van der Waals surface area (Å²) in [5.74, 6) is 0.508. The average molecular weight is 410 g/mol. The Labute approximate surface area is 165 Å². The number of nitrogens with one attached hydrogen (secondary N) is 2. The highest BCUT2D eigenvalue weighted by atomic mass is 19.4. The number of nitrogens with zero attached hydrogens (tertiary/aromatic N) is 2. The molecule has 2 aromatic carbocycles. The number of halogens is 3. The van der Waals surface area contributed by atoms with E-state index in [4.69, 9.17) is 0 Å². The highest BCUT2D eigenvalue weighted by Crippen LogP contribution is 2.16. The van der Waals surface area contributed by atoms with Crippen molar-refractivity contribution in [1.29, 1.82) is 0 Å². The second-order valence-electron chi connectivity index (χ2n) is 6.13. The van der Waals surface area contributed by atoms with E-state index in [2.05, 4.69) is 20.4 Å². The average Bonchev–Trinajstić information content (AvgIpc) is 2.68. The molecule has 0 aliphatic carbocycles. The second-order valence-corrected chi connectivity index (χ2v) is 6.13. The SMILES string of the molecule is CN=C(NCc1ccc(COCC(F)(F)F)cc1)NCc1cccc([N+](=O)[O-])c1. The van der Waals surface area contributed by atoms with Gasteiger partial charge in [0.1, 0.15) is 6.61 Å². The number of nitro groups is 1. The molecular weight excluding hydrogens is 389 g/mol. The Morgan fingerprint density at radius 3 is 2.28 bits per heavy atom. The van der Waals surface area contributed by atoms with Crippen LogP contribution in [0.4, 0.5) is 18.9 Å². The van der Waals surface area contributed by atoms with Crippen LogP contribution >= 0.6 is 0 Å². The zero-order valence-electron chi connectivity index (χ0n) is 15.7. The predicted octanol–water partition coefficient (Wildman–Crippen LogP) is 3.54. The van der Waals surface area contributed by atoms with Gasteiger partial charge in [-0.15, -0.1) is 0 Å². The molecule has 29 heavy (non-hydrogen) atoms. The Morgan fingerprint density at radius 1 is 1.07 bits per heavy atom. The van der Waals surface area contributed by atoms with Crippen molar-refractivity contribution in [3.63, 3.8) is 0 Å². The molecule has 0 unspecified atom stereocenters. The van der Waals surface area contributed by atoms with Crippen molar-refractivity contribution in [3.8, 4) is 0 Å². The van der Waals surface area contributed by atoms with Gasteiger partial charge in [0.25, 0.3) is 5.69 Å². The fourth-order valence-corrected chi connectivity index (χ4v) is 2.41. The summed E-state index contributed by atoms with van der Waals surface area (Å²) in [5, 5.41) is 17.0. The number of nitro benzene ring substituents is 1. The monoisotopic (exact) mass is 410 g/mol. The number of alkyl halides is 3. The number of ether oxygens (including phenoxy) is 1. The fourth-order valence-electron chi connectivity index (χ4n) is 2.41. The molecule has 2 N–H and O–H groups in total. The molecule has 0 aliphatic rings. The zero-order valence-corrected chi connectivity index (χ0v) is 15.7. The molecule has 0 saturated carbocycles. The molecule has 7 nitrogen and oxygen atoms in total. The molecule has 10 heteroatoms. The molecule has 0 atom stereocenters. The van der Waals surface area contributed by atoms with E-state index in [1.165, 1.54) is 12.1 Å². The van der Waals surface area contributed by atoms with Gasteiger partial charge in [-0.3, -0.25) is 15.1 Å². The highest BCUT2D eigenvalue weighted by Gasteiger charge is 2.27. The van der Waals surface area contributed by atoms with Crippen molar-refractivity contribution < 1.29 is 22.8 Å². The smallest absolute Gasteiger partial charge is 0.367 e. The minimum absolute atomic E-state index is 0.0200. The highest BCUT2D eigenvalue weighted by molar-refractivity contribution is 5.79. The maximum absolute atomic E-state index is 12.1. The Morgan fingerprint density at radius 2 is 1.69 bits per heavy atom. The minimum Gasteiger partial charge on any atom is -0.367 e. The first-order chi connectivity index (χ1) is 13.8. The van der Waals surface area contributed by atoms with Crippen molar-refractivity contribution in [1.82, 2.24) is 10.6 Å². The number of hydrogen-bond acceptors (Lipinski definition) is 4. The molecule has 0 heterocycles. The van der Waals surface area contributed by atoms with E-state index in [9.17, 15) is 23.3 Å². The molecule has 2 rings (SSSR count). The summed E-state index contributed by atoms with van der Waals surface area (Å²) in [4.78, 5) is 14.5. The lowest BCUT2D eigenvalue weighted by atomic mass is 10.1. The second kappa shape index (κ2) is 10.4. The lowest BCUT2D eigenvalue weighted by molar-refractivity contribution is -0.384. The van der Waals surface area contributed by atoms with Gasteiger partial charge in [-0.25, -0.2) is 0 Å². The Bertz CT molecular complexity index is 839. The van der Waals surface area contributed by atoms with Gasteiger partial charge in [-0.1, -0.05) is 36.4 Å². The largest absolute Gasteiger partial charge is 0.411 e. The standard InChI is InChI=1S/C19H21F3N4O3/c1-23-18(25-11-16-3-2-4-17(9-16)26(27)28)24-10-14-5-7-15(8-6-14)12-29-13-19(20,21)22/h2-9H,10-13H2,1H3,(H2,23,24,25). The topological polar surface area (TPSA) is 88.8 Å². The molecule has 156 valence electrons. The molecule has 0 aromatic heterocycles. The molecule has 0 spiro atoms. The van der Waals surface area contributed by atoms with Gasteiger partial charge in [0.15, 0.2) is 5.96 Å². The molecule has 0 bridgehead atoms. The van der Waals surface area contributed by atoms with Crippen molar-refractivity contribution in [2.24, 2.45) is 4.99 Å². The molecule has 0 aliphatic heterocycles. The summed E-state index contributed by atoms with van der Waals surface area (Å²) < 4.78 is 40.9. The number of hydrogen-bond donors (Lipinski definition) is 2. The van der Waals surface area contributed by atoms with Gasteiger partial charge in [0.05, 0.1) is 11.5 Å². The first-order valence-corrected chi connectivity index (χ1v) is 8.67. The van der Waals surface area contributed by atoms with Crippen LogP contribution in [0.1, 0.15) is 16.7 Å². The third-order valence-electron chi connectivity index (χ3n) is 3.82. The van der Waals surface area contributed by atoms with Crippen LogP contribution in [0.5, 0.6) is 0 Å². The van der Waals surface area contributed by atoms with Crippen LogP contribution in [-0.4, -0.2) is 30.7 Å². The van der Waals surface area contributed by atoms with Crippen LogP contribution in [0.3, 0.4) is 0 Å². The summed E-state index contributed by atoms with van der Waals surface area (Å²) in [6.45, 7) is -0.586. The molecular formula is C19H21F3N4O3. The van der Waals surface area contributed by atoms with Gasteiger partial charge in [0, 0.05) is 32.3 Å². The Kier molecular flexibility index (Phi) is 7.96. The third-order valence-corrected chi connectivity index (χ3v) is 3.82. The van der Waals surface area contributed by atoms with Crippen molar-refractivity contribution in [2.75, 3.05) is 13.7 Å². The van der Waals surface area contributed by atoms with Gasteiger partial charge in [-0.05, 0) is 16.7 Å². The van der Waals surface area contributed by atoms with Gasteiger partial charge in [0.2, 0.25) is 0 Å². The normalized spacial score (nSPS) is 11.9. The van der Waals surface area contributed by atoms with Crippen LogP contribution < -0.4 is 10.6 Å². The molecule has 0 radical (unpaired) electrons. The summed E-state index contributed by atoms with van der Waals surface area (Å²) in [7, 11) is 1.60. The number of guanidine groups is 1.